The first kappa shape index (κ1) is 22.7. The van der Waals surface area contributed by atoms with E-state index < -0.39 is 10.0 Å². The van der Waals surface area contributed by atoms with Crippen LogP contribution in [0.2, 0.25) is 0 Å². The highest BCUT2D eigenvalue weighted by Crippen LogP contribution is 2.36. The molecule has 0 radical (unpaired) electrons. The molecule has 6 rings (SSSR count). The molecule has 7 nitrogen and oxygen atoms in total. The first-order valence-corrected chi connectivity index (χ1v) is 14.3. The zero-order valence-corrected chi connectivity index (χ0v) is 21.1. The number of aromatic nitrogens is 2. The van der Waals surface area contributed by atoms with Gasteiger partial charge in [-0.05, 0) is 60.6 Å². The number of benzene rings is 2. The van der Waals surface area contributed by atoms with Crippen molar-refractivity contribution in [3.8, 4) is 0 Å². The van der Waals surface area contributed by atoms with Gasteiger partial charge < -0.3 is 10.2 Å². The summed E-state index contributed by atoms with van der Waals surface area (Å²) in [6.07, 6.45) is 7.87. The number of aryl methyl sites for hydroxylation is 3. The smallest absolute Gasteiger partial charge is 0.243 e. The Labute approximate surface area is 207 Å². The summed E-state index contributed by atoms with van der Waals surface area (Å²) in [5.74, 6) is 1.57. The minimum atomic E-state index is -3.54. The summed E-state index contributed by atoms with van der Waals surface area (Å²) in [6.45, 7) is 4.14. The molecule has 2 aromatic carbocycles. The van der Waals surface area contributed by atoms with Crippen molar-refractivity contribution in [3.05, 3.63) is 53.2 Å². The molecule has 3 aromatic rings. The second-order valence-corrected chi connectivity index (χ2v) is 12.0. The molecule has 0 spiro atoms. The van der Waals surface area contributed by atoms with E-state index in [4.69, 9.17) is 4.98 Å². The predicted molar refractivity (Wildman–Crippen MR) is 140 cm³/mol. The van der Waals surface area contributed by atoms with Gasteiger partial charge in [-0.15, -0.1) is 0 Å². The molecular weight excluding hydrogens is 458 g/mol. The minimum absolute atomic E-state index is 0.444. The lowest BCUT2D eigenvalue weighted by Gasteiger charge is -2.35. The standard InChI is InChI=1S/C27H33N5O2S/c1-19-18-25(30-27(28-19)29-22-8-3-2-4-9-22)31-14-16-32(17-15-31)35(33,34)24-13-11-21-7-5-6-20-10-12-23(24)26(20)21/h5-7,11,13,18,22H,2-4,8-10,12,14-17H2,1H3,(H,28,29,30). The maximum Gasteiger partial charge on any atom is 0.243 e. The second-order valence-electron chi connectivity index (χ2n) is 10.1. The Bertz CT molecular complexity index is 1360. The van der Waals surface area contributed by atoms with Gasteiger partial charge in [-0.25, -0.2) is 13.4 Å². The second kappa shape index (κ2) is 9.06. The fraction of sp³-hybridized carbons (Fsp3) is 0.481. The molecule has 184 valence electrons. The Morgan fingerprint density at radius 1 is 0.943 bits per heavy atom. The monoisotopic (exact) mass is 491 g/mol. The van der Waals surface area contributed by atoms with Crippen LogP contribution < -0.4 is 10.2 Å². The van der Waals surface area contributed by atoms with Crippen LogP contribution in [0.3, 0.4) is 0 Å². The van der Waals surface area contributed by atoms with E-state index in [2.05, 4.69) is 33.4 Å². The van der Waals surface area contributed by atoms with E-state index in [0.29, 0.717) is 43.1 Å². The van der Waals surface area contributed by atoms with Crippen molar-refractivity contribution >= 4 is 32.6 Å². The van der Waals surface area contributed by atoms with Gasteiger partial charge in [0.05, 0.1) is 4.90 Å². The van der Waals surface area contributed by atoms with E-state index in [-0.39, 0.29) is 0 Å². The fourth-order valence-electron chi connectivity index (χ4n) is 5.98. The number of hydrogen-bond acceptors (Lipinski definition) is 6. The molecule has 3 aliphatic rings. The normalized spacial score (nSPS) is 19.4. The van der Waals surface area contributed by atoms with Gasteiger partial charge in [-0.3, -0.25) is 0 Å². The zero-order valence-electron chi connectivity index (χ0n) is 20.3. The highest BCUT2D eigenvalue weighted by Gasteiger charge is 2.32. The summed E-state index contributed by atoms with van der Waals surface area (Å²) >= 11 is 0. The van der Waals surface area contributed by atoms with E-state index >= 15 is 0 Å². The molecule has 2 heterocycles. The summed E-state index contributed by atoms with van der Waals surface area (Å²) in [7, 11) is -3.54. The number of anilines is 2. The molecule has 0 unspecified atom stereocenters. The number of hydrogen-bond donors (Lipinski definition) is 1. The topological polar surface area (TPSA) is 78.4 Å². The lowest BCUT2D eigenvalue weighted by molar-refractivity contribution is 0.383. The van der Waals surface area contributed by atoms with Gasteiger partial charge in [0.2, 0.25) is 16.0 Å². The molecule has 1 saturated heterocycles. The molecule has 1 aliphatic heterocycles. The Morgan fingerprint density at radius 2 is 1.74 bits per heavy atom. The van der Waals surface area contributed by atoms with Gasteiger partial charge in [0.25, 0.3) is 0 Å². The van der Waals surface area contributed by atoms with E-state index in [1.165, 1.54) is 37.7 Å². The summed E-state index contributed by atoms with van der Waals surface area (Å²) in [5.41, 5.74) is 3.18. The maximum absolute atomic E-state index is 13.7. The van der Waals surface area contributed by atoms with Crippen molar-refractivity contribution in [3.63, 3.8) is 0 Å². The van der Waals surface area contributed by atoms with Crippen molar-refractivity contribution in [2.45, 2.75) is 62.8 Å². The number of rotatable bonds is 5. The summed E-state index contributed by atoms with van der Waals surface area (Å²) < 4.78 is 29.0. The third-order valence-electron chi connectivity index (χ3n) is 7.80. The largest absolute Gasteiger partial charge is 0.354 e. The SMILES string of the molecule is Cc1cc(N2CCN(S(=O)(=O)c3ccc4cccc5c4c3CC5)CC2)nc(NC2CCCCC2)n1. The number of nitrogens with one attached hydrogen (secondary N) is 1. The average Bonchev–Trinajstić information content (AvgIpc) is 3.30. The molecule has 8 heteroatoms. The van der Waals surface area contributed by atoms with E-state index in [1.54, 1.807) is 4.31 Å². The van der Waals surface area contributed by atoms with Crippen LogP contribution in [0.5, 0.6) is 0 Å². The zero-order chi connectivity index (χ0) is 24.0. The van der Waals surface area contributed by atoms with Crippen molar-refractivity contribution in [1.29, 1.82) is 0 Å². The number of nitrogens with zero attached hydrogens (tertiary/aromatic N) is 4. The number of sulfonamides is 1. The molecule has 2 fully saturated rings. The Morgan fingerprint density at radius 3 is 2.54 bits per heavy atom. The van der Waals surface area contributed by atoms with E-state index in [9.17, 15) is 8.42 Å². The van der Waals surface area contributed by atoms with Gasteiger partial charge >= 0.3 is 0 Å². The van der Waals surface area contributed by atoms with E-state index in [1.807, 2.05) is 25.1 Å². The molecule has 0 bridgehead atoms. The van der Waals surface area contributed by atoms with Crippen LogP contribution in [0.1, 0.15) is 48.9 Å². The van der Waals surface area contributed by atoms with Crippen LogP contribution in [-0.4, -0.2) is 54.9 Å². The quantitative estimate of drug-likeness (QED) is 0.574. The molecule has 35 heavy (non-hydrogen) atoms. The van der Waals surface area contributed by atoms with Crippen LogP contribution in [0.25, 0.3) is 10.8 Å². The van der Waals surface area contributed by atoms with Crippen molar-refractivity contribution in [1.82, 2.24) is 14.3 Å². The highest BCUT2D eigenvalue weighted by atomic mass is 32.2. The first-order valence-electron chi connectivity index (χ1n) is 12.9. The Balaban J connectivity index is 1.19. The van der Waals surface area contributed by atoms with Crippen LogP contribution in [-0.2, 0) is 22.9 Å². The van der Waals surface area contributed by atoms with Gasteiger partial charge in [-0.1, -0.05) is 43.5 Å². The third-order valence-corrected chi connectivity index (χ3v) is 9.78. The highest BCUT2D eigenvalue weighted by molar-refractivity contribution is 7.89. The van der Waals surface area contributed by atoms with Gasteiger partial charge in [0.15, 0.2) is 0 Å². The van der Waals surface area contributed by atoms with Gasteiger partial charge in [0, 0.05) is 44.0 Å². The minimum Gasteiger partial charge on any atom is -0.354 e. The fourth-order valence-corrected chi connectivity index (χ4v) is 7.66. The van der Waals surface area contributed by atoms with E-state index in [0.717, 1.165) is 40.7 Å². The van der Waals surface area contributed by atoms with Crippen molar-refractivity contribution in [2.24, 2.45) is 0 Å². The van der Waals surface area contributed by atoms with Gasteiger partial charge in [-0.2, -0.15) is 9.29 Å². The molecule has 0 amide bonds. The van der Waals surface area contributed by atoms with Crippen LogP contribution in [0.15, 0.2) is 41.3 Å². The Kier molecular flexibility index (Phi) is 5.89. The summed E-state index contributed by atoms with van der Waals surface area (Å²) in [6, 6.07) is 12.5. The van der Waals surface area contributed by atoms with Crippen molar-refractivity contribution in [2.75, 3.05) is 36.4 Å². The van der Waals surface area contributed by atoms with Crippen molar-refractivity contribution < 1.29 is 8.42 Å². The first-order chi connectivity index (χ1) is 17.0. The van der Waals surface area contributed by atoms with Crippen LogP contribution in [0, 0.1) is 6.92 Å². The predicted octanol–water partition coefficient (Wildman–Crippen LogP) is 4.29. The number of piperazine rings is 1. The molecule has 1 N–H and O–H groups in total. The summed E-state index contributed by atoms with van der Waals surface area (Å²) in [4.78, 5) is 12.1. The third kappa shape index (κ3) is 4.27. The molecule has 0 atom stereocenters. The maximum atomic E-state index is 13.7. The van der Waals surface area contributed by atoms with Crippen LogP contribution >= 0.6 is 0 Å². The van der Waals surface area contributed by atoms with Crippen LogP contribution in [0.4, 0.5) is 11.8 Å². The lowest BCUT2D eigenvalue weighted by atomic mass is 9.96. The summed E-state index contributed by atoms with van der Waals surface area (Å²) in [5, 5.41) is 5.81. The molecule has 1 saturated carbocycles. The Hall–Kier alpha value is -2.71. The molecular formula is C27H33N5O2S. The average molecular weight is 492 g/mol. The van der Waals surface area contributed by atoms with Gasteiger partial charge in [0.1, 0.15) is 5.82 Å². The molecule has 2 aliphatic carbocycles. The lowest BCUT2D eigenvalue weighted by Crippen LogP contribution is -2.49. The molecule has 1 aromatic heterocycles.